The molecule has 0 unspecified atom stereocenters. The fourth-order valence-corrected chi connectivity index (χ4v) is 10.8. The van der Waals surface area contributed by atoms with Crippen LogP contribution in [0.1, 0.15) is 27.7 Å². The van der Waals surface area contributed by atoms with Gasteiger partial charge in [0.05, 0.1) is 0 Å². The molecule has 0 aliphatic rings. The zero-order valence-corrected chi connectivity index (χ0v) is 16.0. The van der Waals surface area contributed by atoms with Crippen LogP contribution in [0.2, 0.25) is 24.2 Å². The maximum atomic E-state index is 6.10. The molecular formula is C16H30O2Si2. The largest absolute Gasteiger partial charge is 0.416 e. The Bertz CT molecular complexity index is 357. The van der Waals surface area contributed by atoms with Gasteiger partial charge >= 0.3 is 0 Å². The number of hydrogen-bond donors (Lipinski definition) is 0. The highest BCUT2D eigenvalue weighted by atomic mass is 28.4. The fourth-order valence-electron chi connectivity index (χ4n) is 3.34. The smallest absolute Gasteiger partial charge is 0.223 e. The van der Waals surface area contributed by atoms with Crippen molar-refractivity contribution in [2.24, 2.45) is 0 Å². The Balaban J connectivity index is 3.51. The summed E-state index contributed by atoms with van der Waals surface area (Å²) in [6.45, 7) is 9.07. The van der Waals surface area contributed by atoms with Gasteiger partial charge in [-0.3, -0.25) is 0 Å². The minimum absolute atomic E-state index is 1.12. The van der Waals surface area contributed by atoms with Crippen molar-refractivity contribution in [3.63, 3.8) is 0 Å². The van der Waals surface area contributed by atoms with Crippen molar-refractivity contribution in [2.75, 3.05) is 14.2 Å². The Labute approximate surface area is 126 Å². The second-order valence-corrected chi connectivity index (χ2v) is 14.1. The Morgan fingerprint density at radius 2 is 1.00 bits per heavy atom. The molecule has 2 nitrogen and oxygen atoms in total. The highest BCUT2D eigenvalue weighted by molar-refractivity contribution is 6.96. The Hall–Kier alpha value is -0.426. The lowest BCUT2D eigenvalue weighted by atomic mass is 10.4. The van der Waals surface area contributed by atoms with Crippen LogP contribution in [0, 0.1) is 0 Å². The minimum atomic E-state index is -1.84. The average molecular weight is 311 g/mol. The van der Waals surface area contributed by atoms with E-state index >= 15 is 0 Å². The number of hydrogen-bond acceptors (Lipinski definition) is 2. The molecule has 4 heteroatoms. The summed E-state index contributed by atoms with van der Waals surface area (Å²) in [6.07, 6.45) is 0. The van der Waals surface area contributed by atoms with E-state index < -0.39 is 16.6 Å². The van der Waals surface area contributed by atoms with Gasteiger partial charge in [-0.25, -0.2) is 0 Å². The van der Waals surface area contributed by atoms with Crippen LogP contribution in [0.5, 0.6) is 0 Å². The molecule has 114 valence electrons. The molecule has 1 rings (SSSR count). The third-order valence-corrected chi connectivity index (χ3v) is 14.2. The van der Waals surface area contributed by atoms with Crippen molar-refractivity contribution in [1.82, 2.24) is 0 Å². The van der Waals surface area contributed by atoms with Gasteiger partial charge in [0.2, 0.25) is 16.6 Å². The molecule has 0 radical (unpaired) electrons. The first-order valence-corrected chi connectivity index (χ1v) is 12.4. The van der Waals surface area contributed by atoms with Crippen molar-refractivity contribution >= 4 is 27.0 Å². The van der Waals surface area contributed by atoms with Crippen LogP contribution in [0.4, 0.5) is 0 Å². The maximum Gasteiger partial charge on any atom is 0.223 e. The van der Waals surface area contributed by atoms with E-state index in [0.29, 0.717) is 0 Å². The Morgan fingerprint density at radius 1 is 0.700 bits per heavy atom. The predicted octanol–water partition coefficient (Wildman–Crippen LogP) is 3.36. The summed E-state index contributed by atoms with van der Waals surface area (Å²) in [5.41, 5.74) is 0. The quantitative estimate of drug-likeness (QED) is 0.686. The molecular weight excluding hydrogens is 280 g/mol. The fraction of sp³-hybridized carbons (Fsp3) is 0.625. The van der Waals surface area contributed by atoms with E-state index in [1.165, 1.54) is 10.4 Å². The molecule has 0 aliphatic heterocycles. The summed E-state index contributed by atoms with van der Waals surface area (Å²) in [7, 11) is 0.102. The van der Waals surface area contributed by atoms with Crippen LogP contribution in [-0.4, -0.2) is 30.9 Å². The van der Waals surface area contributed by atoms with Crippen LogP contribution < -0.4 is 10.4 Å². The molecule has 0 N–H and O–H groups in total. The van der Waals surface area contributed by atoms with Crippen LogP contribution in [0.3, 0.4) is 0 Å². The molecule has 0 spiro atoms. The molecule has 0 aliphatic carbocycles. The van der Waals surface area contributed by atoms with Crippen molar-refractivity contribution < 1.29 is 8.85 Å². The van der Waals surface area contributed by atoms with Crippen molar-refractivity contribution in [1.29, 1.82) is 0 Å². The van der Waals surface area contributed by atoms with Crippen LogP contribution >= 0.6 is 0 Å². The summed E-state index contributed by atoms with van der Waals surface area (Å²) >= 11 is 0. The molecule has 0 bridgehead atoms. The summed E-state index contributed by atoms with van der Waals surface area (Å²) < 4.78 is 12.2. The lowest BCUT2D eigenvalue weighted by molar-refractivity contribution is 0.401. The van der Waals surface area contributed by atoms with E-state index in [-0.39, 0.29) is 0 Å². The van der Waals surface area contributed by atoms with Gasteiger partial charge in [-0.05, 0) is 34.5 Å². The number of rotatable bonds is 8. The van der Waals surface area contributed by atoms with E-state index in [9.17, 15) is 0 Å². The van der Waals surface area contributed by atoms with Gasteiger partial charge in [0.1, 0.15) is 0 Å². The lowest BCUT2D eigenvalue weighted by Gasteiger charge is -2.36. The first-order chi connectivity index (χ1) is 9.59. The zero-order valence-electron chi connectivity index (χ0n) is 14.0. The van der Waals surface area contributed by atoms with E-state index in [1.54, 1.807) is 0 Å². The van der Waals surface area contributed by atoms with Gasteiger partial charge in [0, 0.05) is 14.2 Å². The van der Waals surface area contributed by atoms with E-state index in [0.717, 1.165) is 24.2 Å². The summed E-state index contributed by atoms with van der Waals surface area (Å²) in [5, 5.41) is 2.95. The predicted molar refractivity (Wildman–Crippen MR) is 93.2 cm³/mol. The molecule has 0 fully saturated rings. The summed E-state index contributed by atoms with van der Waals surface area (Å²) in [6, 6.07) is 13.4. The van der Waals surface area contributed by atoms with E-state index in [1.807, 2.05) is 14.2 Å². The van der Waals surface area contributed by atoms with Gasteiger partial charge in [0.15, 0.2) is 0 Å². The molecule has 1 aromatic rings. The van der Waals surface area contributed by atoms with Crippen LogP contribution in [-0.2, 0) is 8.85 Å². The minimum Gasteiger partial charge on any atom is -0.416 e. The van der Waals surface area contributed by atoms with Crippen molar-refractivity contribution in [2.45, 2.75) is 51.9 Å². The second-order valence-electron chi connectivity index (χ2n) is 5.36. The van der Waals surface area contributed by atoms with Gasteiger partial charge < -0.3 is 8.85 Å². The van der Waals surface area contributed by atoms with Crippen molar-refractivity contribution in [3.8, 4) is 0 Å². The van der Waals surface area contributed by atoms with E-state index in [4.69, 9.17) is 8.85 Å². The van der Waals surface area contributed by atoms with Crippen molar-refractivity contribution in [3.05, 3.63) is 24.3 Å². The topological polar surface area (TPSA) is 18.5 Å². The molecule has 0 aromatic heterocycles. The van der Waals surface area contributed by atoms with Gasteiger partial charge in [-0.1, -0.05) is 52.0 Å². The second kappa shape index (κ2) is 7.54. The van der Waals surface area contributed by atoms with E-state index in [2.05, 4.69) is 52.0 Å². The van der Waals surface area contributed by atoms with Gasteiger partial charge in [-0.2, -0.15) is 0 Å². The SMILES string of the molecule is CC[Si](CC)(OC)c1ccccc1[Si](CC)(CC)OC. The van der Waals surface area contributed by atoms with Gasteiger partial charge in [-0.15, -0.1) is 0 Å². The summed E-state index contributed by atoms with van der Waals surface area (Å²) in [5.74, 6) is 0. The molecule has 20 heavy (non-hydrogen) atoms. The Kier molecular flexibility index (Phi) is 6.65. The van der Waals surface area contributed by atoms with Gasteiger partial charge in [0.25, 0.3) is 0 Å². The first kappa shape index (κ1) is 17.6. The normalized spacial score (nSPS) is 12.7. The zero-order chi connectivity index (χ0) is 15.2. The molecule has 0 heterocycles. The number of benzene rings is 1. The highest BCUT2D eigenvalue weighted by Gasteiger charge is 2.41. The molecule has 0 atom stereocenters. The molecule has 1 aromatic carbocycles. The molecule has 0 amide bonds. The van der Waals surface area contributed by atoms with Crippen LogP contribution in [0.15, 0.2) is 24.3 Å². The lowest BCUT2D eigenvalue weighted by Crippen LogP contribution is -2.64. The van der Waals surface area contributed by atoms with Crippen LogP contribution in [0.25, 0.3) is 0 Å². The highest BCUT2D eigenvalue weighted by Crippen LogP contribution is 2.20. The first-order valence-electron chi connectivity index (χ1n) is 7.79. The third kappa shape index (κ3) is 2.93. The molecule has 0 saturated carbocycles. The summed E-state index contributed by atoms with van der Waals surface area (Å²) in [4.78, 5) is 0. The average Bonchev–Trinajstić information content (AvgIpc) is 2.53. The maximum absolute atomic E-state index is 6.10. The Morgan fingerprint density at radius 3 is 1.20 bits per heavy atom. The standard InChI is InChI=1S/C16H30O2Si2/c1-7-19(8-2,17-5)15-13-11-12-14-16(15)20(9-3,10-4)18-6/h11-14H,7-10H2,1-6H3. The molecule has 0 saturated heterocycles. The monoisotopic (exact) mass is 310 g/mol. The third-order valence-electron chi connectivity index (χ3n) is 4.97.